The van der Waals surface area contributed by atoms with E-state index in [2.05, 4.69) is 16.0 Å². The van der Waals surface area contributed by atoms with E-state index in [1.807, 2.05) is 0 Å². The van der Waals surface area contributed by atoms with E-state index in [0.717, 1.165) is 0 Å². The number of ether oxygens (including phenoxy) is 1. The van der Waals surface area contributed by atoms with Crippen LogP contribution in [0, 0.1) is 0 Å². The first-order chi connectivity index (χ1) is 11.0. The highest BCUT2D eigenvalue weighted by molar-refractivity contribution is 6.40. The van der Waals surface area contributed by atoms with E-state index in [1.165, 1.54) is 26.2 Å². The van der Waals surface area contributed by atoms with Gasteiger partial charge in [0.15, 0.2) is 0 Å². The molecular formula is C15H21N3O5. The molecule has 0 bridgehead atoms. The number of anilines is 1. The van der Waals surface area contributed by atoms with Gasteiger partial charge in [-0.05, 0) is 19.1 Å². The van der Waals surface area contributed by atoms with E-state index >= 15 is 0 Å². The van der Waals surface area contributed by atoms with Crippen LogP contribution in [0.15, 0.2) is 24.3 Å². The smallest absolute Gasteiger partial charge is 0.313 e. The minimum atomic E-state index is -0.914. The number of methoxy groups -OCH3 is 1. The van der Waals surface area contributed by atoms with E-state index in [4.69, 9.17) is 9.84 Å². The summed E-state index contributed by atoms with van der Waals surface area (Å²) in [6.45, 7) is 2.14. The van der Waals surface area contributed by atoms with Crippen LogP contribution < -0.4 is 16.0 Å². The minimum Gasteiger partial charge on any atom is -0.392 e. The van der Waals surface area contributed by atoms with E-state index < -0.39 is 17.9 Å². The molecule has 1 aromatic rings. The molecule has 8 heteroatoms. The number of aliphatic hydroxyl groups excluding tert-OH is 1. The second-order valence-corrected chi connectivity index (χ2v) is 4.81. The number of carbonyl (C=O) groups is 3. The maximum Gasteiger partial charge on any atom is 0.313 e. The van der Waals surface area contributed by atoms with Crippen LogP contribution in [0.5, 0.6) is 0 Å². The zero-order valence-electron chi connectivity index (χ0n) is 13.1. The van der Waals surface area contributed by atoms with Crippen molar-refractivity contribution in [1.29, 1.82) is 0 Å². The van der Waals surface area contributed by atoms with Gasteiger partial charge in [0.2, 0.25) is 0 Å². The topological polar surface area (TPSA) is 117 Å². The van der Waals surface area contributed by atoms with E-state index in [0.29, 0.717) is 13.2 Å². The molecule has 0 saturated carbocycles. The Labute approximate surface area is 134 Å². The summed E-state index contributed by atoms with van der Waals surface area (Å²) in [6.07, 6.45) is -0.759. The molecule has 0 spiro atoms. The van der Waals surface area contributed by atoms with Gasteiger partial charge in [-0.2, -0.15) is 0 Å². The van der Waals surface area contributed by atoms with Gasteiger partial charge in [-0.15, -0.1) is 0 Å². The van der Waals surface area contributed by atoms with Crippen LogP contribution in [0.3, 0.4) is 0 Å². The van der Waals surface area contributed by atoms with Gasteiger partial charge in [0.25, 0.3) is 5.91 Å². The van der Waals surface area contributed by atoms with Crippen molar-refractivity contribution in [3.05, 3.63) is 29.8 Å². The molecule has 0 fully saturated rings. The fraction of sp³-hybridized carbons (Fsp3) is 0.400. The molecule has 8 nitrogen and oxygen atoms in total. The van der Waals surface area contributed by atoms with Crippen LogP contribution in [-0.4, -0.2) is 55.7 Å². The molecule has 4 N–H and O–H groups in total. The highest BCUT2D eigenvalue weighted by atomic mass is 16.5. The quantitative estimate of drug-likeness (QED) is 0.399. The zero-order valence-corrected chi connectivity index (χ0v) is 13.1. The van der Waals surface area contributed by atoms with Gasteiger partial charge in [-0.1, -0.05) is 12.1 Å². The SMILES string of the molecule is COCCNC(=O)c1ccccc1NC(=O)C(=O)NC[C@H](C)O. The summed E-state index contributed by atoms with van der Waals surface area (Å²) in [5, 5.41) is 16.4. The summed E-state index contributed by atoms with van der Waals surface area (Å²) in [5.74, 6) is -2.19. The Morgan fingerprint density at radius 1 is 1.17 bits per heavy atom. The number of rotatable bonds is 7. The van der Waals surface area contributed by atoms with Crippen molar-refractivity contribution in [2.45, 2.75) is 13.0 Å². The second-order valence-electron chi connectivity index (χ2n) is 4.81. The van der Waals surface area contributed by atoms with Crippen LogP contribution in [0.4, 0.5) is 5.69 Å². The van der Waals surface area contributed by atoms with Crippen molar-refractivity contribution in [1.82, 2.24) is 10.6 Å². The fourth-order valence-electron chi connectivity index (χ4n) is 1.65. The minimum absolute atomic E-state index is 0.0363. The monoisotopic (exact) mass is 323 g/mol. The number of amides is 3. The number of aliphatic hydroxyl groups is 1. The molecule has 126 valence electrons. The average molecular weight is 323 g/mol. The molecule has 3 amide bonds. The first kappa shape index (κ1) is 18.6. The number of hydrogen-bond acceptors (Lipinski definition) is 5. The van der Waals surface area contributed by atoms with Crippen LogP contribution >= 0.6 is 0 Å². The third kappa shape index (κ3) is 6.45. The Balaban J connectivity index is 2.71. The lowest BCUT2D eigenvalue weighted by atomic mass is 10.1. The maximum atomic E-state index is 12.1. The first-order valence-corrected chi connectivity index (χ1v) is 7.09. The molecule has 0 heterocycles. The van der Waals surface area contributed by atoms with Gasteiger partial charge < -0.3 is 25.8 Å². The Hall–Kier alpha value is -2.45. The Kier molecular flexibility index (Phi) is 7.72. The van der Waals surface area contributed by atoms with Crippen LogP contribution in [0.1, 0.15) is 17.3 Å². The lowest BCUT2D eigenvalue weighted by molar-refractivity contribution is -0.136. The van der Waals surface area contributed by atoms with Gasteiger partial charge in [0.1, 0.15) is 0 Å². The fourth-order valence-corrected chi connectivity index (χ4v) is 1.65. The lowest BCUT2D eigenvalue weighted by Gasteiger charge is -2.11. The third-order valence-electron chi connectivity index (χ3n) is 2.78. The maximum absolute atomic E-state index is 12.1. The van der Waals surface area contributed by atoms with Gasteiger partial charge in [-0.25, -0.2) is 0 Å². The summed E-state index contributed by atoms with van der Waals surface area (Å²) in [7, 11) is 1.52. The van der Waals surface area contributed by atoms with Crippen LogP contribution in [-0.2, 0) is 14.3 Å². The van der Waals surface area contributed by atoms with Crippen molar-refractivity contribution >= 4 is 23.4 Å². The number of nitrogens with one attached hydrogen (secondary N) is 3. The molecule has 0 saturated heterocycles. The predicted molar refractivity (Wildman–Crippen MR) is 84.0 cm³/mol. The second kappa shape index (κ2) is 9.54. The Morgan fingerprint density at radius 2 is 1.87 bits per heavy atom. The van der Waals surface area contributed by atoms with Crippen molar-refractivity contribution < 1.29 is 24.2 Å². The molecule has 1 atom stereocenters. The van der Waals surface area contributed by atoms with Crippen molar-refractivity contribution in [2.75, 3.05) is 32.1 Å². The number of para-hydroxylation sites is 1. The molecule has 23 heavy (non-hydrogen) atoms. The molecular weight excluding hydrogens is 302 g/mol. The average Bonchev–Trinajstić information content (AvgIpc) is 2.53. The van der Waals surface area contributed by atoms with Crippen molar-refractivity contribution in [3.63, 3.8) is 0 Å². The molecule has 0 unspecified atom stereocenters. The molecule has 0 aliphatic heterocycles. The predicted octanol–water partition coefficient (Wildman–Crippen LogP) is -0.502. The standard InChI is InChI=1S/C15H21N3O5/c1-10(19)9-17-14(21)15(22)18-12-6-4-3-5-11(12)13(20)16-7-8-23-2/h3-6,10,19H,7-9H2,1-2H3,(H,16,20)(H,17,21)(H,18,22)/t10-/m0/s1. The van der Waals surface area contributed by atoms with Gasteiger partial charge in [0.05, 0.1) is 24.0 Å². The lowest BCUT2D eigenvalue weighted by Crippen LogP contribution is -2.39. The summed E-state index contributed by atoms with van der Waals surface area (Å²) in [5.41, 5.74) is 0.458. The summed E-state index contributed by atoms with van der Waals surface area (Å²) >= 11 is 0. The molecule has 0 aliphatic rings. The van der Waals surface area contributed by atoms with E-state index in [-0.39, 0.29) is 23.7 Å². The van der Waals surface area contributed by atoms with Gasteiger partial charge in [-0.3, -0.25) is 14.4 Å². The van der Waals surface area contributed by atoms with E-state index in [9.17, 15) is 14.4 Å². The molecule has 1 rings (SSSR count). The highest BCUT2D eigenvalue weighted by Crippen LogP contribution is 2.14. The number of carbonyl (C=O) groups excluding carboxylic acids is 3. The Morgan fingerprint density at radius 3 is 2.52 bits per heavy atom. The van der Waals surface area contributed by atoms with Gasteiger partial charge in [0, 0.05) is 20.2 Å². The largest absolute Gasteiger partial charge is 0.392 e. The summed E-state index contributed by atoms with van der Waals surface area (Å²) < 4.78 is 4.84. The zero-order chi connectivity index (χ0) is 17.2. The molecule has 1 aromatic carbocycles. The van der Waals surface area contributed by atoms with Crippen LogP contribution in [0.25, 0.3) is 0 Å². The number of hydrogen-bond donors (Lipinski definition) is 4. The first-order valence-electron chi connectivity index (χ1n) is 7.09. The molecule has 0 radical (unpaired) electrons. The number of benzene rings is 1. The van der Waals surface area contributed by atoms with Crippen LogP contribution in [0.2, 0.25) is 0 Å². The Bertz CT molecular complexity index is 560. The third-order valence-corrected chi connectivity index (χ3v) is 2.78. The summed E-state index contributed by atoms with van der Waals surface area (Å²) in [4.78, 5) is 35.5. The van der Waals surface area contributed by atoms with Gasteiger partial charge >= 0.3 is 11.8 Å². The normalized spacial score (nSPS) is 11.4. The summed E-state index contributed by atoms with van der Waals surface area (Å²) in [6, 6.07) is 6.33. The van der Waals surface area contributed by atoms with E-state index in [1.54, 1.807) is 12.1 Å². The highest BCUT2D eigenvalue weighted by Gasteiger charge is 2.17. The molecule has 0 aliphatic carbocycles. The van der Waals surface area contributed by atoms with Crippen molar-refractivity contribution in [3.8, 4) is 0 Å². The molecule has 0 aromatic heterocycles. The van der Waals surface area contributed by atoms with Crippen molar-refractivity contribution in [2.24, 2.45) is 0 Å².